The Morgan fingerprint density at radius 1 is 1.22 bits per heavy atom. The number of nitrogens with two attached hydrogens (primary N) is 1. The minimum atomic E-state index is -0.217. The SMILES string of the molecule is CCC(C)(CC)n1c(N)cc2ccccc2c1=O. The van der Waals surface area contributed by atoms with Crippen LogP contribution < -0.4 is 11.3 Å². The van der Waals surface area contributed by atoms with E-state index in [4.69, 9.17) is 5.73 Å². The van der Waals surface area contributed by atoms with Crippen LogP contribution >= 0.6 is 0 Å². The van der Waals surface area contributed by atoms with Crippen molar-refractivity contribution < 1.29 is 0 Å². The monoisotopic (exact) mass is 244 g/mol. The molecule has 2 N–H and O–H groups in total. The van der Waals surface area contributed by atoms with Crippen LogP contribution in [0.1, 0.15) is 33.6 Å². The predicted octanol–water partition coefficient (Wildman–Crippen LogP) is 3.12. The first-order valence-corrected chi connectivity index (χ1v) is 6.44. The molecule has 0 spiro atoms. The Kier molecular flexibility index (Phi) is 3.16. The molecule has 0 radical (unpaired) electrons. The Hall–Kier alpha value is -1.77. The molecular weight excluding hydrogens is 224 g/mol. The first-order valence-electron chi connectivity index (χ1n) is 6.44. The lowest BCUT2D eigenvalue weighted by atomic mass is 9.94. The molecule has 3 heteroatoms. The number of fused-ring (bicyclic) bond motifs is 1. The van der Waals surface area contributed by atoms with Gasteiger partial charge in [-0.2, -0.15) is 0 Å². The number of aromatic nitrogens is 1. The van der Waals surface area contributed by atoms with Crippen molar-refractivity contribution in [3.8, 4) is 0 Å². The van der Waals surface area contributed by atoms with Gasteiger partial charge in [-0.25, -0.2) is 0 Å². The maximum atomic E-state index is 12.6. The fourth-order valence-corrected chi connectivity index (χ4v) is 2.40. The Labute approximate surface area is 107 Å². The maximum Gasteiger partial charge on any atom is 0.260 e. The number of nitrogens with zero attached hydrogens (tertiary/aromatic N) is 1. The van der Waals surface area contributed by atoms with Gasteiger partial charge in [-0.1, -0.05) is 32.0 Å². The van der Waals surface area contributed by atoms with Crippen LogP contribution in [0.5, 0.6) is 0 Å². The van der Waals surface area contributed by atoms with Crippen LogP contribution in [0, 0.1) is 0 Å². The second-order valence-corrected chi connectivity index (χ2v) is 5.00. The highest BCUT2D eigenvalue weighted by Gasteiger charge is 2.25. The zero-order valence-corrected chi connectivity index (χ0v) is 11.2. The summed E-state index contributed by atoms with van der Waals surface area (Å²) in [7, 11) is 0. The number of pyridine rings is 1. The molecule has 0 unspecified atom stereocenters. The molecule has 0 aliphatic heterocycles. The van der Waals surface area contributed by atoms with Crippen molar-refractivity contribution in [3.05, 3.63) is 40.7 Å². The minimum Gasteiger partial charge on any atom is -0.385 e. The third-order valence-electron chi connectivity index (χ3n) is 4.02. The van der Waals surface area contributed by atoms with Gasteiger partial charge < -0.3 is 5.73 Å². The summed E-state index contributed by atoms with van der Waals surface area (Å²) in [5, 5.41) is 1.64. The predicted molar refractivity (Wildman–Crippen MR) is 76.9 cm³/mol. The average molecular weight is 244 g/mol. The standard InChI is InChI=1S/C15H20N2O/c1-4-15(3,5-2)17-13(16)10-11-8-6-7-9-12(11)14(17)18/h6-10H,4-5,16H2,1-3H3. The van der Waals surface area contributed by atoms with Gasteiger partial charge in [0.2, 0.25) is 0 Å². The van der Waals surface area contributed by atoms with Crippen molar-refractivity contribution in [2.75, 3.05) is 5.73 Å². The zero-order valence-electron chi connectivity index (χ0n) is 11.2. The van der Waals surface area contributed by atoms with E-state index in [0.717, 1.165) is 23.6 Å². The molecule has 1 aromatic heterocycles. The molecule has 2 rings (SSSR count). The summed E-state index contributed by atoms with van der Waals surface area (Å²) < 4.78 is 1.75. The minimum absolute atomic E-state index is 0.0109. The fraction of sp³-hybridized carbons (Fsp3) is 0.400. The highest BCUT2D eigenvalue weighted by atomic mass is 16.1. The lowest BCUT2D eigenvalue weighted by Crippen LogP contribution is -2.39. The molecular formula is C15H20N2O. The van der Waals surface area contributed by atoms with E-state index < -0.39 is 0 Å². The molecule has 0 aliphatic rings. The molecule has 0 saturated heterocycles. The van der Waals surface area contributed by atoms with Crippen LogP contribution in [-0.4, -0.2) is 4.57 Å². The van der Waals surface area contributed by atoms with Crippen molar-refractivity contribution in [1.82, 2.24) is 4.57 Å². The highest BCUT2D eigenvalue weighted by Crippen LogP contribution is 2.27. The molecule has 96 valence electrons. The molecule has 0 aliphatic carbocycles. The third-order valence-corrected chi connectivity index (χ3v) is 4.02. The second-order valence-electron chi connectivity index (χ2n) is 5.00. The summed E-state index contributed by atoms with van der Waals surface area (Å²) in [6.07, 6.45) is 1.76. The quantitative estimate of drug-likeness (QED) is 0.901. The Bertz CT molecular complexity index is 624. The first kappa shape index (κ1) is 12.7. The van der Waals surface area contributed by atoms with Crippen LogP contribution in [0.2, 0.25) is 0 Å². The highest BCUT2D eigenvalue weighted by molar-refractivity contribution is 5.83. The molecule has 1 heterocycles. The summed E-state index contributed by atoms with van der Waals surface area (Å²) in [4.78, 5) is 12.6. The zero-order chi connectivity index (χ0) is 13.3. The Morgan fingerprint density at radius 3 is 2.44 bits per heavy atom. The maximum absolute atomic E-state index is 12.6. The summed E-state index contributed by atoms with van der Waals surface area (Å²) >= 11 is 0. The van der Waals surface area contributed by atoms with Crippen LogP contribution in [0.15, 0.2) is 35.1 Å². The number of hydrogen-bond acceptors (Lipinski definition) is 2. The van der Waals surface area contributed by atoms with Gasteiger partial charge in [0, 0.05) is 10.9 Å². The van der Waals surface area contributed by atoms with Crippen LogP contribution in [-0.2, 0) is 5.54 Å². The lowest BCUT2D eigenvalue weighted by Gasteiger charge is -2.31. The summed E-state index contributed by atoms with van der Waals surface area (Å²) in [6.45, 7) is 6.26. The molecule has 18 heavy (non-hydrogen) atoms. The van der Waals surface area contributed by atoms with E-state index in [1.165, 1.54) is 0 Å². The van der Waals surface area contributed by atoms with Gasteiger partial charge in [-0.15, -0.1) is 0 Å². The van der Waals surface area contributed by atoms with E-state index in [-0.39, 0.29) is 11.1 Å². The van der Waals surface area contributed by atoms with Gasteiger partial charge in [0.1, 0.15) is 5.82 Å². The van der Waals surface area contributed by atoms with Crippen molar-refractivity contribution in [3.63, 3.8) is 0 Å². The number of anilines is 1. The number of hydrogen-bond donors (Lipinski definition) is 1. The molecule has 0 atom stereocenters. The van der Waals surface area contributed by atoms with Gasteiger partial charge in [-0.05, 0) is 37.3 Å². The number of benzene rings is 1. The van der Waals surface area contributed by atoms with Crippen LogP contribution in [0.25, 0.3) is 10.8 Å². The van der Waals surface area contributed by atoms with Crippen molar-refractivity contribution in [2.24, 2.45) is 0 Å². The number of rotatable bonds is 3. The second kappa shape index (κ2) is 4.48. The van der Waals surface area contributed by atoms with E-state index in [1.807, 2.05) is 30.3 Å². The largest absolute Gasteiger partial charge is 0.385 e. The molecule has 1 aromatic carbocycles. The van der Waals surface area contributed by atoms with Gasteiger partial charge >= 0.3 is 0 Å². The molecule has 0 bridgehead atoms. The lowest BCUT2D eigenvalue weighted by molar-refractivity contribution is 0.291. The van der Waals surface area contributed by atoms with Crippen molar-refractivity contribution in [1.29, 1.82) is 0 Å². The Balaban J connectivity index is 2.84. The molecule has 2 aromatic rings. The smallest absolute Gasteiger partial charge is 0.260 e. The van der Waals surface area contributed by atoms with Gasteiger partial charge in [0.25, 0.3) is 5.56 Å². The van der Waals surface area contributed by atoms with Crippen LogP contribution in [0.4, 0.5) is 5.82 Å². The van der Waals surface area contributed by atoms with Crippen molar-refractivity contribution >= 4 is 16.6 Å². The summed E-state index contributed by atoms with van der Waals surface area (Å²) in [5.41, 5.74) is 5.88. The van der Waals surface area contributed by atoms with Gasteiger partial charge in [-0.3, -0.25) is 9.36 Å². The van der Waals surface area contributed by atoms with E-state index >= 15 is 0 Å². The van der Waals surface area contributed by atoms with E-state index in [1.54, 1.807) is 4.57 Å². The summed E-state index contributed by atoms with van der Waals surface area (Å²) in [6, 6.07) is 9.48. The molecule has 0 fully saturated rings. The molecule has 0 saturated carbocycles. The molecule has 0 amide bonds. The van der Waals surface area contributed by atoms with Crippen LogP contribution in [0.3, 0.4) is 0 Å². The average Bonchev–Trinajstić information content (AvgIpc) is 2.38. The normalized spacial score (nSPS) is 11.9. The van der Waals surface area contributed by atoms with E-state index in [9.17, 15) is 4.79 Å². The number of nitrogen functional groups attached to an aromatic ring is 1. The summed E-state index contributed by atoms with van der Waals surface area (Å²) in [5.74, 6) is 0.546. The Morgan fingerprint density at radius 2 is 1.83 bits per heavy atom. The van der Waals surface area contributed by atoms with Gasteiger partial charge in [0.05, 0.1) is 0 Å². The first-order chi connectivity index (χ1) is 8.53. The molecule has 3 nitrogen and oxygen atoms in total. The third kappa shape index (κ3) is 1.80. The van der Waals surface area contributed by atoms with Gasteiger partial charge in [0.15, 0.2) is 0 Å². The van der Waals surface area contributed by atoms with E-state index in [0.29, 0.717) is 5.82 Å². The van der Waals surface area contributed by atoms with Crippen molar-refractivity contribution in [2.45, 2.75) is 39.2 Å². The van der Waals surface area contributed by atoms with E-state index in [2.05, 4.69) is 20.8 Å². The topological polar surface area (TPSA) is 48.0 Å². The fourth-order valence-electron chi connectivity index (χ4n) is 2.40.